The second-order valence-electron chi connectivity index (χ2n) is 4.84. The van der Waals surface area contributed by atoms with E-state index in [4.69, 9.17) is 5.73 Å². The van der Waals surface area contributed by atoms with E-state index in [2.05, 4.69) is 4.99 Å². The van der Waals surface area contributed by atoms with Crippen LogP contribution in [0.5, 0.6) is 0 Å². The summed E-state index contributed by atoms with van der Waals surface area (Å²) in [6.07, 6.45) is 0. The molecule has 104 valence electrons. The Balaban J connectivity index is 3.61. The fourth-order valence-corrected chi connectivity index (χ4v) is 2.10. The monoisotopic (exact) mass is 266 g/mol. The minimum Gasteiger partial charge on any atom is -0.402 e. The van der Waals surface area contributed by atoms with E-state index in [-0.39, 0.29) is 11.5 Å². The number of hydrogen-bond acceptors (Lipinski definition) is 2. The largest absolute Gasteiger partial charge is 0.402 e. The van der Waals surface area contributed by atoms with Crippen LogP contribution in [0.1, 0.15) is 44.7 Å². The Labute approximate surface area is 113 Å². The van der Waals surface area contributed by atoms with E-state index in [9.17, 15) is 8.78 Å². The van der Waals surface area contributed by atoms with E-state index >= 15 is 0 Å². The van der Waals surface area contributed by atoms with E-state index in [1.807, 2.05) is 0 Å². The van der Waals surface area contributed by atoms with Gasteiger partial charge in [-0.2, -0.15) is 0 Å². The number of allylic oxidation sites excluding steroid dienone is 2. The molecule has 0 radical (unpaired) electrons. The van der Waals surface area contributed by atoms with Crippen molar-refractivity contribution in [3.63, 3.8) is 0 Å². The Morgan fingerprint density at radius 2 is 1.79 bits per heavy atom. The minimum atomic E-state index is -0.558. The van der Waals surface area contributed by atoms with Gasteiger partial charge in [0.05, 0.1) is 0 Å². The molecule has 0 aliphatic carbocycles. The first-order chi connectivity index (χ1) is 8.81. The maximum atomic E-state index is 14.5. The van der Waals surface area contributed by atoms with Crippen LogP contribution in [-0.4, -0.2) is 12.8 Å². The number of nitrogens with two attached hydrogens (primary N) is 1. The maximum Gasteiger partial charge on any atom is 0.137 e. The average Bonchev–Trinajstić information content (AvgIpc) is 2.31. The lowest BCUT2D eigenvalue weighted by Crippen LogP contribution is -2.10. The number of benzene rings is 1. The Morgan fingerprint density at radius 3 is 2.21 bits per heavy atom. The van der Waals surface area contributed by atoms with Crippen molar-refractivity contribution in [3.05, 3.63) is 40.6 Å². The normalized spacial score (nSPS) is 13.8. The highest BCUT2D eigenvalue weighted by Gasteiger charge is 2.20. The lowest BCUT2D eigenvalue weighted by atomic mass is 9.93. The summed E-state index contributed by atoms with van der Waals surface area (Å²) in [6, 6.07) is 2.69. The van der Waals surface area contributed by atoms with Gasteiger partial charge in [-0.1, -0.05) is 13.8 Å². The fourth-order valence-electron chi connectivity index (χ4n) is 2.10. The zero-order valence-electron chi connectivity index (χ0n) is 12.0. The summed E-state index contributed by atoms with van der Waals surface area (Å²) in [5.74, 6) is -1.33. The van der Waals surface area contributed by atoms with Crippen LogP contribution in [0.25, 0.3) is 5.57 Å². The van der Waals surface area contributed by atoms with Gasteiger partial charge in [0.15, 0.2) is 0 Å². The van der Waals surface area contributed by atoms with Crippen molar-refractivity contribution >= 4 is 11.3 Å². The molecule has 0 atom stereocenters. The zero-order valence-corrected chi connectivity index (χ0v) is 12.0. The Morgan fingerprint density at radius 1 is 1.21 bits per heavy atom. The first kappa shape index (κ1) is 15.3. The van der Waals surface area contributed by atoms with Gasteiger partial charge in [0.2, 0.25) is 0 Å². The smallest absolute Gasteiger partial charge is 0.137 e. The molecule has 0 saturated carbocycles. The summed E-state index contributed by atoms with van der Waals surface area (Å²) in [5, 5.41) is 0. The third-order valence-corrected chi connectivity index (χ3v) is 3.06. The first-order valence-electron chi connectivity index (χ1n) is 6.19. The summed E-state index contributed by atoms with van der Waals surface area (Å²) in [5.41, 5.74) is 7.82. The van der Waals surface area contributed by atoms with Crippen molar-refractivity contribution < 1.29 is 8.78 Å². The highest BCUT2D eigenvalue weighted by Crippen LogP contribution is 2.29. The van der Waals surface area contributed by atoms with Crippen LogP contribution in [0.15, 0.2) is 22.8 Å². The van der Waals surface area contributed by atoms with Crippen molar-refractivity contribution in [1.29, 1.82) is 0 Å². The quantitative estimate of drug-likeness (QED) is 0.829. The molecule has 2 nitrogen and oxygen atoms in total. The van der Waals surface area contributed by atoms with E-state index in [0.717, 1.165) is 0 Å². The van der Waals surface area contributed by atoms with E-state index in [1.165, 1.54) is 12.1 Å². The SMILES string of the molecule is CN=C(C)/C(=C(/C)N)c1ccc(F)c(C(C)C)c1F. The molecule has 0 aliphatic rings. The summed E-state index contributed by atoms with van der Waals surface area (Å²) >= 11 is 0. The molecule has 0 heterocycles. The molecule has 0 aliphatic heterocycles. The summed E-state index contributed by atoms with van der Waals surface area (Å²) in [7, 11) is 1.61. The van der Waals surface area contributed by atoms with E-state index in [1.54, 1.807) is 34.7 Å². The van der Waals surface area contributed by atoms with Crippen molar-refractivity contribution in [1.82, 2.24) is 0 Å². The molecule has 1 aromatic rings. The molecule has 1 aromatic carbocycles. The van der Waals surface area contributed by atoms with Gasteiger partial charge in [-0.25, -0.2) is 8.78 Å². The molecular weight excluding hydrogens is 246 g/mol. The number of rotatable bonds is 3. The Kier molecular flexibility index (Phi) is 4.81. The van der Waals surface area contributed by atoms with Gasteiger partial charge in [-0.3, -0.25) is 4.99 Å². The molecule has 19 heavy (non-hydrogen) atoms. The molecular formula is C15H20F2N2. The molecule has 1 rings (SSSR count). The maximum absolute atomic E-state index is 14.5. The van der Waals surface area contributed by atoms with E-state index in [0.29, 0.717) is 22.5 Å². The highest BCUT2D eigenvalue weighted by molar-refractivity contribution is 6.23. The number of halogens is 2. The van der Waals surface area contributed by atoms with Gasteiger partial charge >= 0.3 is 0 Å². The minimum absolute atomic E-state index is 0.0835. The van der Waals surface area contributed by atoms with Gasteiger partial charge in [0.1, 0.15) is 11.6 Å². The molecule has 0 spiro atoms. The van der Waals surface area contributed by atoms with Crippen LogP contribution in [0, 0.1) is 11.6 Å². The molecule has 0 bridgehead atoms. The standard InChI is InChI=1S/C15H20F2N2/c1-8(2)13-12(16)7-6-11(15(13)17)14(9(3)18)10(4)19-5/h6-8H,18H2,1-5H3/b14-9+,19-10?. The van der Waals surface area contributed by atoms with Gasteiger partial charge in [0.25, 0.3) is 0 Å². The zero-order chi connectivity index (χ0) is 14.7. The van der Waals surface area contributed by atoms with Gasteiger partial charge in [-0.05, 0) is 31.9 Å². The summed E-state index contributed by atoms with van der Waals surface area (Å²) in [6.45, 7) is 6.95. The lowest BCUT2D eigenvalue weighted by Gasteiger charge is -2.15. The summed E-state index contributed by atoms with van der Waals surface area (Å²) in [4.78, 5) is 4.04. The molecule has 0 amide bonds. The second kappa shape index (κ2) is 5.95. The average molecular weight is 266 g/mol. The first-order valence-corrected chi connectivity index (χ1v) is 6.19. The third-order valence-electron chi connectivity index (χ3n) is 3.06. The van der Waals surface area contributed by atoms with Crippen LogP contribution >= 0.6 is 0 Å². The third kappa shape index (κ3) is 3.00. The molecule has 0 fully saturated rings. The highest BCUT2D eigenvalue weighted by atomic mass is 19.1. The van der Waals surface area contributed by atoms with Crippen LogP contribution in [0.2, 0.25) is 0 Å². The Hall–Kier alpha value is -1.71. The van der Waals surface area contributed by atoms with Crippen molar-refractivity contribution in [2.45, 2.75) is 33.6 Å². The topological polar surface area (TPSA) is 38.4 Å². The van der Waals surface area contributed by atoms with Crippen LogP contribution in [0.4, 0.5) is 8.78 Å². The second-order valence-corrected chi connectivity index (χ2v) is 4.84. The van der Waals surface area contributed by atoms with Crippen molar-refractivity contribution in [2.75, 3.05) is 7.05 Å². The molecule has 4 heteroatoms. The fraction of sp³-hybridized carbons (Fsp3) is 0.400. The number of aliphatic imine (C=N–C) groups is 1. The van der Waals surface area contributed by atoms with Crippen LogP contribution in [0.3, 0.4) is 0 Å². The molecule has 0 unspecified atom stereocenters. The van der Waals surface area contributed by atoms with Gasteiger partial charge in [0, 0.05) is 35.2 Å². The van der Waals surface area contributed by atoms with Crippen LogP contribution in [-0.2, 0) is 0 Å². The number of nitrogens with zero attached hydrogens (tertiary/aromatic N) is 1. The van der Waals surface area contributed by atoms with Crippen LogP contribution < -0.4 is 5.73 Å². The number of hydrogen-bond donors (Lipinski definition) is 1. The molecule has 0 saturated heterocycles. The summed E-state index contributed by atoms with van der Waals surface area (Å²) < 4.78 is 28.2. The molecule has 0 aromatic heterocycles. The predicted molar refractivity (Wildman–Crippen MR) is 76.3 cm³/mol. The predicted octanol–water partition coefficient (Wildman–Crippen LogP) is 3.87. The van der Waals surface area contributed by atoms with Gasteiger partial charge < -0.3 is 5.73 Å². The van der Waals surface area contributed by atoms with Crippen molar-refractivity contribution in [3.8, 4) is 0 Å². The molecule has 2 N–H and O–H groups in total. The van der Waals surface area contributed by atoms with E-state index < -0.39 is 11.6 Å². The lowest BCUT2D eigenvalue weighted by molar-refractivity contribution is 0.540. The van der Waals surface area contributed by atoms with Crippen molar-refractivity contribution in [2.24, 2.45) is 10.7 Å². The Bertz CT molecular complexity index is 539. The van der Waals surface area contributed by atoms with Gasteiger partial charge in [-0.15, -0.1) is 0 Å².